The predicted octanol–water partition coefficient (Wildman–Crippen LogP) is 1.08. The maximum atomic E-state index is 11.6. The number of aliphatic carboxylic acids is 1. The Balaban J connectivity index is 2.42. The highest BCUT2D eigenvalue weighted by atomic mass is 79.9. The molecule has 0 saturated heterocycles. The molecule has 0 heterocycles. The molecule has 108 valence electrons. The summed E-state index contributed by atoms with van der Waals surface area (Å²) in [6, 6.07) is 4.80. The third-order valence-electron chi connectivity index (χ3n) is 2.36. The van der Waals surface area contributed by atoms with Gasteiger partial charge in [-0.2, -0.15) is 0 Å². The van der Waals surface area contributed by atoms with Crippen LogP contribution in [0.15, 0.2) is 22.7 Å². The number of halogens is 1. The van der Waals surface area contributed by atoms with Crippen molar-refractivity contribution in [2.24, 2.45) is 0 Å². The maximum absolute atomic E-state index is 11.6. The molecule has 1 rings (SSSR count). The molecular formula is C12H14BrN3O4. The second-order valence-electron chi connectivity index (χ2n) is 3.89. The summed E-state index contributed by atoms with van der Waals surface area (Å²) in [7, 11) is 0. The molecule has 1 aromatic carbocycles. The molecular weight excluding hydrogens is 330 g/mol. The molecule has 0 aliphatic heterocycles. The van der Waals surface area contributed by atoms with Crippen LogP contribution in [-0.2, 0) is 9.59 Å². The van der Waals surface area contributed by atoms with Crippen molar-refractivity contribution >= 4 is 39.5 Å². The lowest BCUT2D eigenvalue weighted by molar-refractivity contribution is -0.137. The van der Waals surface area contributed by atoms with Gasteiger partial charge in [0, 0.05) is 10.2 Å². The molecule has 0 fully saturated rings. The van der Waals surface area contributed by atoms with E-state index in [-0.39, 0.29) is 6.54 Å². The molecule has 0 radical (unpaired) electrons. The molecule has 0 bridgehead atoms. The van der Waals surface area contributed by atoms with Gasteiger partial charge in [-0.05, 0) is 24.6 Å². The Kier molecular flexibility index (Phi) is 5.98. The maximum Gasteiger partial charge on any atom is 0.322 e. The van der Waals surface area contributed by atoms with Crippen molar-refractivity contribution in [3.05, 3.63) is 28.2 Å². The van der Waals surface area contributed by atoms with Crippen LogP contribution >= 0.6 is 15.9 Å². The van der Waals surface area contributed by atoms with E-state index in [1.165, 1.54) is 0 Å². The van der Waals surface area contributed by atoms with Crippen LogP contribution in [-0.4, -0.2) is 36.1 Å². The van der Waals surface area contributed by atoms with Crippen LogP contribution in [0.4, 0.5) is 10.5 Å². The van der Waals surface area contributed by atoms with Gasteiger partial charge in [-0.25, -0.2) is 4.79 Å². The lowest BCUT2D eigenvalue weighted by Gasteiger charge is -2.10. The van der Waals surface area contributed by atoms with Gasteiger partial charge in [0.1, 0.15) is 6.54 Å². The smallest absolute Gasteiger partial charge is 0.322 e. The summed E-state index contributed by atoms with van der Waals surface area (Å²) < 4.78 is 0.856. The van der Waals surface area contributed by atoms with E-state index in [1.807, 2.05) is 13.0 Å². The van der Waals surface area contributed by atoms with E-state index in [4.69, 9.17) is 5.11 Å². The molecule has 0 aliphatic rings. The first-order valence-electron chi connectivity index (χ1n) is 5.68. The van der Waals surface area contributed by atoms with Crippen molar-refractivity contribution in [2.75, 3.05) is 18.4 Å². The van der Waals surface area contributed by atoms with E-state index >= 15 is 0 Å². The van der Waals surface area contributed by atoms with E-state index in [2.05, 4.69) is 31.9 Å². The number of amides is 3. The number of nitrogens with one attached hydrogen (secondary N) is 3. The predicted molar refractivity (Wildman–Crippen MR) is 76.5 cm³/mol. The van der Waals surface area contributed by atoms with Gasteiger partial charge in [0.15, 0.2) is 0 Å². The lowest BCUT2D eigenvalue weighted by atomic mass is 10.2. The van der Waals surface area contributed by atoms with Crippen molar-refractivity contribution in [2.45, 2.75) is 6.92 Å². The van der Waals surface area contributed by atoms with E-state index in [1.54, 1.807) is 12.1 Å². The van der Waals surface area contributed by atoms with E-state index in [0.29, 0.717) is 5.69 Å². The Hall–Kier alpha value is -2.09. The second kappa shape index (κ2) is 7.49. The first kappa shape index (κ1) is 16.0. The summed E-state index contributed by atoms with van der Waals surface area (Å²) in [5.41, 5.74) is 1.47. The van der Waals surface area contributed by atoms with Crippen molar-refractivity contribution in [1.29, 1.82) is 0 Å². The van der Waals surface area contributed by atoms with Crippen LogP contribution in [0.2, 0.25) is 0 Å². The minimum atomic E-state index is -1.15. The number of rotatable bonds is 5. The van der Waals surface area contributed by atoms with Gasteiger partial charge in [0.05, 0.1) is 6.54 Å². The van der Waals surface area contributed by atoms with Crippen LogP contribution in [0.3, 0.4) is 0 Å². The zero-order chi connectivity index (χ0) is 15.1. The Morgan fingerprint density at radius 2 is 1.90 bits per heavy atom. The topological polar surface area (TPSA) is 108 Å². The highest BCUT2D eigenvalue weighted by Gasteiger charge is 2.08. The molecule has 0 atom stereocenters. The fourth-order valence-corrected chi connectivity index (χ4v) is 1.67. The molecule has 20 heavy (non-hydrogen) atoms. The molecule has 1 aromatic rings. The Morgan fingerprint density at radius 1 is 1.20 bits per heavy atom. The Labute approximate surface area is 123 Å². The van der Waals surface area contributed by atoms with Gasteiger partial charge in [0.25, 0.3) is 0 Å². The van der Waals surface area contributed by atoms with Gasteiger partial charge < -0.3 is 21.1 Å². The summed E-state index contributed by atoms with van der Waals surface area (Å²) >= 11 is 3.34. The molecule has 3 amide bonds. The highest BCUT2D eigenvalue weighted by molar-refractivity contribution is 9.10. The molecule has 0 saturated carbocycles. The number of benzene rings is 1. The number of hydrogen-bond donors (Lipinski definition) is 4. The molecule has 4 N–H and O–H groups in total. The third kappa shape index (κ3) is 5.27. The average Bonchev–Trinajstić information content (AvgIpc) is 2.39. The molecule has 0 spiro atoms. The second-order valence-corrected chi connectivity index (χ2v) is 4.74. The minimum absolute atomic E-state index is 0.299. The van der Waals surface area contributed by atoms with Crippen LogP contribution in [0.5, 0.6) is 0 Å². The number of carboxylic acids is 1. The average molecular weight is 344 g/mol. The summed E-state index contributed by atoms with van der Waals surface area (Å²) in [6.07, 6.45) is 0. The van der Waals surface area contributed by atoms with Crippen molar-refractivity contribution in [1.82, 2.24) is 10.6 Å². The molecule has 0 aliphatic carbocycles. The fourth-order valence-electron chi connectivity index (χ4n) is 1.31. The number of urea groups is 1. The zero-order valence-electron chi connectivity index (χ0n) is 10.7. The number of anilines is 1. The summed E-state index contributed by atoms with van der Waals surface area (Å²) in [5, 5.41) is 15.4. The van der Waals surface area contributed by atoms with E-state index in [0.717, 1.165) is 10.0 Å². The van der Waals surface area contributed by atoms with E-state index in [9.17, 15) is 14.4 Å². The lowest BCUT2D eigenvalue weighted by Crippen LogP contribution is -2.40. The van der Waals surface area contributed by atoms with Gasteiger partial charge >= 0.3 is 12.0 Å². The summed E-state index contributed by atoms with van der Waals surface area (Å²) in [4.78, 5) is 33.0. The Bertz CT molecular complexity index is 533. The van der Waals surface area contributed by atoms with Gasteiger partial charge in [-0.15, -0.1) is 0 Å². The first-order valence-corrected chi connectivity index (χ1v) is 6.48. The summed E-state index contributed by atoms with van der Waals surface area (Å²) in [6.45, 7) is 1.05. The normalized spacial score (nSPS) is 9.70. The number of carboxylic acid groups (broad SMARTS) is 1. The van der Waals surface area contributed by atoms with Crippen molar-refractivity contribution in [3.63, 3.8) is 0 Å². The van der Waals surface area contributed by atoms with E-state index < -0.39 is 24.5 Å². The number of hydrogen-bond acceptors (Lipinski definition) is 3. The van der Waals surface area contributed by atoms with Crippen molar-refractivity contribution < 1.29 is 19.5 Å². The van der Waals surface area contributed by atoms with Crippen LogP contribution in [0.25, 0.3) is 0 Å². The standard InChI is InChI=1S/C12H14BrN3O4/c1-7-8(13)3-2-4-9(7)16-12(20)15-5-10(17)14-6-11(18)19/h2-4H,5-6H2,1H3,(H,14,17)(H,18,19)(H2,15,16,20). The minimum Gasteiger partial charge on any atom is -0.480 e. The molecule has 8 heteroatoms. The van der Waals surface area contributed by atoms with Gasteiger partial charge in [0.2, 0.25) is 5.91 Å². The molecule has 0 aromatic heterocycles. The molecule has 0 unspecified atom stereocenters. The fraction of sp³-hybridized carbons (Fsp3) is 0.250. The number of carbonyl (C=O) groups is 3. The van der Waals surface area contributed by atoms with Crippen LogP contribution in [0.1, 0.15) is 5.56 Å². The monoisotopic (exact) mass is 343 g/mol. The van der Waals surface area contributed by atoms with Gasteiger partial charge in [-0.3, -0.25) is 9.59 Å². The first-order chi connectivity index (χ1) is 9.40. The van der Waals surface area contributed by atoms with Crippen LogP contribution < -0.4 is 16.0 Å². The van der Waals surface area contributed by atoms with Crippen molar-refractivity contribution in [3.8, 4) is 0 Å². The molecule has 7 nitrogen and oxygen atoms in total. The number of carbonyl (C=O) groups excluding carboxylic acids is 2. The Morgan fingerprint density at radius 3 is 2.55 bits per heavy atom. The highest BCUT2D eigenvalue weighted by Crippen LogP contribution is 2.23. The quantitative estimate of drug-likeness (QED) is 0.641. The summed E-state index contributed by atoms with van der Waals surface area (Å²) in [5.74, 6) is -1.72. The third-order valence-corrected chi connectivity index (χ3v) is 3.22. The zero-order valence-corrected chi connectivity index (χ0v) is 12.3. The van der Waals surface area contributed by atoms with Crippen LogP contribution in [0, 0.1) is 6.92 Å². The largest absolute Gasteiger partial charge is 0.480 e. The van der Waals surface area contributed by atoms with Gasteiger partial charge in [-0.1, -0.05) is 22.0 Å². The SMILES string of the molecule is Cc1c(Br)cccc1NC(=O)NCC(=O)NCC(=O)O.